The zero-order valence-electron chi connectivity index (χ0n) is 9.75. The topological polar surface area (TPSA) is 52.5 Å². The maximum atomic E-state index is 9.74. The van der Waals surface area contributed by atoms with Gasteiger partial charge in [0.2, 0.25) is 0 Å². The van der Waals surface area contributed by atoms with Crippen molar-refractivity contribution in [2.75, 3.05) is 6.61 Å². The standard InChI is InChI=1S/C13H18BrNO2/c14-11-3-4-12(17)10(7-11)8-15-13(9-16)5-1-2-6-13/h3-4,7,15-17H,1-2,5-6,8-9H2. The quantitative estimate of drug-likeness (QED) is 0.801. The zero-order chi connectivity index (χ0) is 12.3. The van der Waals surface area contributed by atoms with Gasteiger partial charge in [-0.3, -0.25) is 0 Å². The predicted octanol–water partition coefficient (Wildman–Crippen LogP) is 2.55. The van der Waals surface area contributed by atoms with Crippen LogP contribution in [0.2, 0.25) is 0 Å². The molecule has 1 aromatic carbocycles. The highest BCUT2D eigenvalue weighted by Crippen LogP contribution is 2.30. The number of phenols is 1. The minimum absolute atomic E-state index is 0.144. The fourth-order valence-electron chi connectivity index (χ4n) is 2.42. The molecule has 0 atom stereocenters. The minimum Gasteiger partial charge on any atom is -0.508 e. The van der Waals surface area contributed by atoms with Crippen molar-refractivity contribution in [3.63, 3.8) is 0 Å². The maximum Gasteiger partial charge on any atom is 0.120 e. The van der Waals surface area contributed by atoms with Crippen LogP contribution >= 0.6 is 15.9 Å². The van der Waals surface area contributed by atoms with Gasteiger partial charge in [-0.15, -0.1) is 0 Å². The lowest BCUT2D eigenvalue weighted by Crippen LogP contribution is -2.45. The Balaban J connectivity index is 2.03. The highest BCUT2D eigenvalue weighted by molar-refractivity contribution is 9.10. The lowest BCUT2D eigenvalue weighted by Gasteiger charge is -2.28. The Bertz CT molecular complexity index is 389. The molecule has 1 saturated carbocycles. The summed E-state index contributed by atoms with van der Waals surface area (Å²) in [7, 11) is 0. The van der Waals surface area contributed by atoms with Gasteiger partial charge in [0.15, 0.2) is 0 Å². The number of aliphatic hydroxyl groups excluding tert-OH is 1. The molecule has 0 radical (unpaired) electrons. The van der Waals surface area contributed by atoms with Crippen molar-refractivity contribution in [3.05, 3.63) is 28.2 Å². The number of rotatable bonds is 4. The second kappa shape index (κ2) is 5.38. The Labute approximate surface area is 110 Å². The summed E-state index contributed by atoms with van der Waals surface area (Å²) in [5.74, 6) is 0.298. The monoisotopic (exact) mass is 299 g/mol. The second-order valence-corrected chi connectivity index (χ2v) is 5.69. The number of halogens is 1. The molecule has 0 heterocycles. The smallest absolute Gasteiger partial charge is 0.120 e. The van der Waals surface area contributed by atoms with E-state index in [1.165, 1.54) is 0 Å². The number of aliphatic hydroxyl groups is 1. The second-order valence-electron chi connectivity index (χ2n) is 4.77. The lowest BCUT2D eigenvalue weighted by atomic mass is 9.98. The first-order chi connectivity index (χ1) is 8.15. The Morgan fingerprint density at radius 1 is 1.29 bits per heavy atom. The molecule has 0 aliphatic heterocycles. The summed E-state index contributed by atoms with van der Waals surface area (Å²) in [6.45, 7) is 0.758. The Morgan fingerprint density at radius 2 is 2.00 bits per heavy atom. The summed E-state index contributed by atoms with van der Waals surface area (Å²) >= 11 is 3.39. The third kappa shape index (κ3) is 3.00. The van der Waals surface area contributed by atoms with Crippen LogP contribution in [0.4, 0.5) is 0 Å². The van der Waals surface area contributed by atoms with Gasteiger partial charge < -0.3 is 15.5 Å². The van der Waals surface area contributed by atoms with E-state index in [1.54, 1.807) is 6.07 Å². The molecular formula is C13H18BrNO2. The molecule has 0 spiro atoms. The first kappa shape index (κ1) is 12.9. The summed E-state index contributed by atoms with van der Waals surface area (Å²) in [5.41, 5.74) is 0.716. The molecule has 0 aromatic heterocycles. The van der Waals surface area contributed by atoms with Gasteiger partial charge in [0.1, 0.15) is 5.75 Å². The molecule has 3 nitrogen and oxygen atoms in total. The molecule has 17 heavy (non-hydrogen) atoms. The summed E-state index contributed by atoms with van der Waals surface area (Å²) in [4.78, 5) is 0. The van der Waals surface area contributed by atoms with E-state index in [-0.39, 0.29) is 12.1 Å². The van der Waals surface area contributed by atoms with E-state index in [0.717, 1.165) is 35.7 Å². The maximum absolute atomic E-state index is 9.74. The van der Waals surface area contributed by atoms with Crippen LogP contribution in [-0.4, -0.2) is 22.4 Å². The number of hydrogen-bond donors (Lipinski definition) is 3. The van der Waals surface area contributed by atoms with Gasteiger partial charge in [0, 0.05) is 22.1 Å². The van der Waals surface area contributed by atoms with Gasteiger partial charge >= 0.3 is 0 Å². The summed E-state index contributed by atoms with van der Waals surface area (Å²) < 4.78 is 0.955. The normalized spacial score (nSPS) is 18.5. The van der Waals surface area contributed by atoms with E-state index in [0.29, 0.717) is 12.3 Å². The van der Waals surface area contributed by atoms with Crippen LogP contribution in [0.25, 0.3) is 0 Å². The van der Waals surface area contributed by atoms with E-state index >= 15 is 0 Å². The average Bonchev–Trinajstić information content (AvgIpc) is 2.80. The van der Waals surface area contributed by atoms with Crippen molar-refractivity contribution in [1.82, 2.24) is 5.32 Å². The fourth-order valence-corrected chi connectivity index (χ4v) is 2.83. The molecule has 3 N–H and O–H groups in total. The van der Waals surface area contributed by atoms with Crippen LogP contribution in [0.1, 0.15) is 31.2 Å². The van der Waals surface area contributed by atoms with Crippen molar-refractivity contribution in [3.8, 4) is 5.75 Å². The molecule has 0 unspecified atom stereocenters. The van der Waals surface area contributed by atoms with Gasteiger partial charge in [0.05, 0.1) is 6.61 Å². The fraction of sp³-hybridized carbons (Fsp3) is 0.538. The van der Waals surface area contributed by atoms with Gasteiger partial charge in [-0.2, -0.15) is 0 Å². The van der Waals surface area contributed by atoms with E-state index in [2.05, 4.69) is 21.2 Å². The Kier molecular flexibility index (Phi) is 4.07. The SMILES string of the molecule is OCC1(NCc2cc(Br)ccc2O)CCCC1. The molecule has 0 amide bonds. The van der Waals surface area contributed by atoms with Gasteiger partial charge in [0.25, 0.3) is 0 Å². The van der Waals surface area contributed by atoms with Crippen LogP contribution in [0, 0.1) is 0 Å². The summed E-state index contributed by atoms with van der Waals surface area (Å²) in [6, 6.07) is 5.40. The highest BCUT2D eigenvalue weighted by atomic mass is 79.9. The molecule has 0 bridgehead atoms. The van der Waals surface area contributed by atoms with Crippen molar-refractivity contribution in [2.24, 2.45) is 0 Å². The van der Waals surface area contributed by atoms with Crippen molar-refractivity contribution >= 4 is 15.9 Å². The molecular weight excluding hydrogens is 282 g/mol. The first-order valence-corrected chi connectivity index (χ1v) is 6.78. The third-order valence-corrected chi connectivity index (χ3v) is 4.05. The Morgan fingerprint density at radius 3 is 2.65 bits per heavy atom. The zero-order valence-corrected chi connectivity index (χ0v) is 11.3. The Hall–Kier alpha value is -0.580. The van der Waals surface area contributed by atoms with Crippen LogP contribution in [0.5, 0.6) is 5.75 Å². The van der Waals surface area contributed by atoms with Gasteiger partial charge in [-0.25, -0.2) is 0 Å². The van der Waals surface area contributed by atoms with Crippen LogP contribution in [-0.2, 0) is 6.54 Å². The summed E-state index contributed by atoms with van der Waals surface area (Å²) in [5, 5.41) is 22.6. The van der Waals surface area contributed by atoms with Crippen LogP contribution in [0.15, 0.2) is 22.7 Å². The number of aromatic hydroxyl groups is 1. The van der Waals surface area contributed by atoms with Crippen molar-refractivity contribution in [2.45, 2.75) is 37.8 Å². The molecule has 1 fully saturated rings. The van der Waals surface area contributed by atoms with Crippen molar-refractivity contribution < 1.29 is 10.2 Å². The molecule has 1 aliphatic rings. The summed E-state index contributed by atoms with van der Waals surface area (Å²) in [6.07, 6.45) is 4.35. The molecule has 94 valence electrons. The lowest BCUT2D eigenvalue weighted by molar-refractivity contribution is 0.162. The van der Waals surface area contributed by atoms with Crippen LogP contribution in [0.3, 0.4) is 0 Å². The molecule has 1 aromatic rings. The number of hydrogen-bond acceptors (Lipinski definition) is 3. The van der Waals surface area contributed by atoms with Gasteiger partial charge in [-0.05, 0) is 31.0 Å². The molecule has 0 saturated heterocycles. The predicted molar refractivity (Wildman–Crippen MR) is 70.9 cm³/mol. The average molecular weight is 300 g/mol. The first-order valence-electron chi connectivity index (χ1n) is 5.98. The minimum atomic E-state index is -0.144. The van der Waals surface area contributed by atoms with E-state index in [9.17, 15) is 10.2 Å². The van der Waals surface area contributed by atoms with E-state index in [4.69, 9.17) is 0 Å². The van der Waals surface area contributed by atoms with E-state index < -0.39 is 0 Å². The molecule has 2 rings (SSSR count). The molecule has 1 aliphatic carbocycles. The number of benzene rings is 1. The number of nitrogens with one attached hydrogen (secondary N) is 1. The largest absolute Gasteiger partial charge is 0.508 e. The highest BCUT2D eigenvalue weighted by Gasteiger charge is 2.32. The van der Waals surface area contributed by atoms with Crippen molar-refractivity contribution in [1.29, 1.82) is 0 Å². The van der Waals surface area contributed by atoms with E-state index in [1.807, 2.05) is 12.1 Å². The van der Waals surface area contributed by atoms with Crippen LogP contribution < -0.4 is 5.32 Å². The number of phenolic OH excluding ortho intramolecular Hbond substituents is 1. The van der Waals surface area contributed by atoms with Gasteiger partial charge in [-0.1, -0.05) is 28.8 Å². The third-order valence-electron chi connectivity index (χ3n) is 3.56. The molecule has 4 heteroatoms.